The van der Waals surface area contributed by atoms with Gasteiger partial charge in [-0.15, -0.1) is 0 Å². The molecule has 2 aromatic carbocycles. The second kappa shape index (κ2) is 13.9. The molecule has 1 fully saturated rings. The number of ether oxygens (including phenoxy) is 3. The maximum absolute atomic E-state index is 13.2. The Morgan fingerprint density at radius 1 is 1.18 bits per heavy atom. The molecule has 14 heteroatoms. The number of amides is 3. The minimum Gasteiger partial charge on any atom is -0.490 e. The van der Waals surface area contributed by atoms with E-state index in [1.807, 2.05) is 0 Å². The summed E-state index contributed by atoms with van der Waals surface area (Å²) in [5.74, 6) is -2.28. The van der Waals surface area contributed by atoms with Gasteiger partial charge in [0, 0.05) is 13.2 Å². The van der Waals surface area contributed by atoms with Crippen molar-refractivity contribution < 1.29 is 41.8 Å². The third-order valence-electron chi connectivity index (χ3n) is 5.29. The lowest BCUT2D eigenvalue weighted by Gasteiger charge is -2.16. The first-order valence-corrected chi connectivity index (χ1v) is 12.7. The molecule has 0 saturated carbocycles. The molecule has 0 aromatic heterocycles. The first-order valence-electron chi connectivity index (χ1n) is 11.9. The number of hydrazone groups is 1. The lowest BCUT2D eigenvalue weighted by molar-refractivity contribution is -0.139. The molecule has 1 aliphatic heterocycles. The molecule has 0 aliphatic carbocycles. The summed E-state index contributed by atoms with van der Waals surface area (Å²) in [6.45, 7) is 2.21. The van der Waals surface area contributed by atoms with Crippen molar-refractivity contribution in [1.29, 1.82) is 0 Å². The van der Waals surface area contributed by atoms with Crippen LogP contribution in [0.1, 0.15) is 30.9 Å². The third kappa shape index (κ3) is 8.96. The van der Waals surface area contributed by atoms with Gasteiger partial charge in [-0.2, -0.15) is 18.3 Å². The zero-order valence-electron chi connectivity index (χ0n) is 20.8. The number of rotatable bonds is 10. The summed E-state index contributed by atoms with van der Waals surface area (Å²) >= 11 is 3.31. The number of hydrogen-bond acceptors (Lipinski definition) is 7. The van der Waals surface area contributed by atoms with Crippen LogP contribution in [-0.4, -0.2) is 56.4 Å². The fraction of sp³-hybridized carbons (Fsp3) is 0.360. The van der Waals surface area contributed by atoms with Crippen molar-refractivity contribution in [1.82, 2.24) is 10.7 Å². The van der Waals surface area contributed by atoms with Crippen LogP contribution in [0.4, 0.5) is 18.9 Å². The standard InChI is InChI=1S/C25H26BrF3N4O6/c1-2-37-20-11-15(12-31-33-24(36)23(35)30-13-16-6-5-9-38-16)10-18(26)22(20)39-14-21(34)32-19-8-4-3-7-17(19)25(27,28)29/h3-4,7-8,10-12,16H,2,5-6,9,13-14H2,1H3,(H,30,35)(H,32,34)(H,33,36)/b31-12-/t16-/m1/s1. The molecule has 1 heterocycles. The summed E-state index contributed by atoms with van der Waals surface area (Å²) in [6.07, 6.45) is -1.76. The molecule has 1 saturated heterocycles. The van der Waals surface area contributed by atoms with Crippen LogP contribution in [0, 0.1) is 0 Å². The van der Waals surface area contributed by atoms with Gasteiger partial charge in [-0.3, -0.25) is 14.4 Å². The van der Waals surface area contributed by atoms with Crippen LogP contribution in [0.15, 0.2) is 46.0 Å². The molecule has 2 aromatic rings. The topological polar surface area (TPSA) is 127 Å². The number of alkyl halides is 3. The summed E-state index contributed by atoms with van der Waals surface area (Å²) in [5.41, 5.74) is 1.20. The van der Waals surface area contributed by atoms with Crippen molar-refractivity contribution >= 4 is 45.6 Å². The number of halogens is 4. The molecule has 3 N–H and O–H groups in total. The average Bonchev–Trinajstić information content (AvgIpc) is 3.40. The largest absolute Gasteiger partial charge is 0.490 e. The summed E-state index contributed by atoms with van der Waals surface area (Å²) in [7, 11) is 0. The Labute approximate surface area is 230 Å². The highest BCUT2D eigenvalue weighted by Crippen LogP contribution is 2.37. The van der Waals surface area contributed by atoms with Crippen LogP contribution in [0.2, 0.25) is 0 Å². The van der Waals surface area contributed by atoms with E-state index in [4.69, 9.17) is 14.2 Å². The van der Waals surface area contributed by atoms with E-state index in [9.17, 15) is 27.6 Å². The summed E-state index contributed by atoms with van der Waals surface area (Å²) < 4.78 is 56.4. The summed E-state index contributed by atoms with van der Waals surface area (Å²) in [6, 6.07) is 7.65. The van der Waals surface area contributed by atoms with Crippen LogP contribution in [0.3, 0.4) is 0 Å². The zero-order valence-corrected chi connectivity index (χ0v) is 22.4. The van der Waals surface area contributed by atoms with Crippen molar-refractivity contribution in [2.75, 3.05) is 31.7 Å². The van der Waals surface area contributed by atoms with E-state index in [0.29, 0.717) is 16.6 Å². The van der Waals surface area contributed by atoms with Gasteiger partial charge in [-0.05, 0) is 65.5 Å². The van der Waals surface area contributed by atoms with E-state index in [-0.39, 0.29) is 30.8 Å². The SMILES string of the molecule is CCOc1cc(/C=N\NC(=O)C(=O)NC[C@H]2CCCO2)cc(Br)c1OCC(=O)Nc1ccccc1C(F)(F)F. The monoisotopic (exact) mass is 614 g/mol. The molecular formula is C25H26BrF3N4O6. The molecule has 1 aliphatic rings. The second-order valence-corrected chi connectivity index (χ2v) is 9.04. The number of hydrogen-bond donors (Lipinski definition) is 3. The number of nitrogens with one attached hydrogen (secondary N) is 3. The summed E-state index contributed by atoms with van der Waals surface area (Å²) in [5, 5.41) is 8.46. The molecule has 3 rings (SSSR count). The lowest BCUT2D eigenvalue weighted by atomic mass is 10.1. The highest BCUT2D eigenvalue weighted by Gasteiger charge is 2.33. The Morgan fingerprint density at radius 3 is 2.64 bits per heavy atom. The van der Waals surface area contributed by atoms with Gasteiger partial charge >= 0.3 is 18.0 Å². The predicted molar refractivity (Wildman–Crippen MR) is 139 cm³/mol. The maximum Gasteiger partial charge on any atom is 0.418 e. The summed E-state index contributed by atoms with van der Waals surface area (Å²) in [4.78, 5) is 36.2. The molecule has 210 valence electrons. The molecule has 39 heavy (non-hydrogen) atoms. The first kappa shape index (κ1) is 29.9. The second-order valence-electron chi connectivity index (χ2n) is 8.19. The van der Waals surface area contributed by atoms with E-state index in [2.05, 4.69) is 37.1 Å². The van der Waals surface area contributed by atoms with Crippen molar-refractivity contribution in [2.24, 2.45) is 5.10 Å². The number of carbonyl (C=O) groups is 3. The highest BCUT2D eigenvalue weighted by molar-refractivity contribution is 9.10. The Balaban J connectivity index is 1.60. The molecule has 0 spiro atoms. The highest BCUT2D eigenvalue weighted by atomic mass is 79.9. The van der Waals surface area contributed by atoms with Gasteiger partial charge in [-0.1, -0.05) is 12.1 Å². The number of benzene rings is 2. The van der Waals surface area contributed by atoms with Crippen LogP contribution in [0.25, 0.3) is 0 Å². The number of anilines is 1. The molecule has 0 radical (unpaired) electrons. The normalized spacial score (nSPS) is 15.2. The van der Waals surface area contributed by atoms with E-state index >= 15 is 0 Å². The van der Waals surface area contributed by atoms with E-state index in [1.165, 1.54) is 24.4 Å². The number of carbonyl (C=O) groups excluding carboxylic acids is 3. The van der Waals surface area contributed by atoms with Crippen molar-refractivity contribution in [3.05, 3.63) is 52.0 Å². The molecule has 0 unspecified atom stereocenters. The van der Waals surface area contributed by atoms with Gasteiger partial charge in [0.1, 0.15) is 0 Å². The molecule has 1 atom stereocenters. The molecular weight excluding hydrogens is 589 g/mol. The van der Waals surface area contributed by atoms with Gasteiger partial charge in [0.15, 0.2) is 18.1 Å². The van der Waals surface area contributed by atoms with Gasteiger partial charge in [-0.25, -0.2) is 5.43 Å². The number of nitrogens with zero attached hydrogens (tertiary/aromatic N) is 1. The Kier molecular flexibility index (Phi) is 10.7. The average molecular weight is 615 g/mol. The van der Waals surface area contributed by atoms with E-state index < -0.39 is 41.8 Å². The van der Waals surface area contributed by atoms with Crippen LogP contribution >= 0.6 is 15.9 Å². The first-order chi connectivity index (χ1) is 18.6. The van der Waals surface area contributed by atoms with E-state index in [1.54, 1.807) is 13.0 Å². The van der Waals surface area contributed by atoms with Gasteiger partial charge in [0.25, 0.3) is 5.91 Å². The maximum atomic E-state index is 13.2. The van der Waals surface area contributed by atoms with E-state index in [0.717, 1.165) is 25.0 Å². The minimum atomic E-state index is -4.64. The van der Waals surface area contributed by atoms with Gasteiger partial charge in [0.05, 0.1) is 34.6 Å². The Morgan fingerprint density at radius 2 is 1.95 bits per heavy atom. The van der Waals surface area contributed by atoms with Gasteiger partial charge in [0.2, 0.25) is 0 Å². The van der Waals surface area contributed by atoms with Crippen LogP contribution in [-0.2, 0) is 25.3 Å². The van der Waals surface area contributed by atoms with Gasteiger partial charge < -0.3 is 24.8 Å². The van der Waals surface area contributed by atoms with Crippen molar-refractivity contribution in [3.8, 4) is 11.5 Å². The van der Waals surface area contributed by atoms with Crippen molar-refractivity contribution in [2.45, 2.75) is 32.0 Å². The lowest BCUT2D eigenvalue weighted by Crippen LogP contribution is -2.41. The zero-order chi connectivity index (χ0) is 28.4. The third-order valence-corrected chi connectivity index (χ3v) is 5.88. The van der Waals surface area contributed by atoms with Crippen LogP contribution < -0.4 is 25.5 Å². The Hall–Kier alpha value is -3.65. The van der Waals surface area contributed by atoms with Crippen LogP contribution in [0.5, 0.6) is 11.5 Å². The molecule has 10 nitrogen and oxygen atoms in total. The number of para-hydroxylation sites is 1. The predicted octanol–water partition coefficient (Wildman–Crippen LogP) is 3.63. The minimum absolute atomic E-state index is 0.109. The Bertz CT molecular complexity index is 1220. The van der Waals surface area contributed by atoms with Crippen molar-refractivity contribution in [3.63, 3.8) is 0 Å². The fourth-order valence-electron chi connectivity index (χ4n) is 3.54. The molecule has 3 amide bonds. The fourth-order valence-corrected chi connectivity index (χ4v) is 4.11. The molecule has 0 bridgehead atoms. The quantitative estimate of drug-likeness (QED) is 0.213. The smallest absolute Gasteiger partial charge is 0.418 e.